The Kier molecular flexibility index (Phi) is 2.88. The molecule has 0 bridgehead atoms. The Labute approximate surface area is 98.1 Å². The lowest BCUT2D eigenvalue weighted by Crippen LogP contribution is -1.93. The predicted molar refractivity (Wildman–Crippen MR) is 61.9 cm³/mol. The van der Waals surface area contributed by atoms with E-state index < -0.39 is 0 Å². The van der Waals surface area contributed by atoms with Gasteiger partial charge < -0.3 is 0 Å². The second-order valence-corrected chi connectivity index (χ2v) is 3.96. The van der Waals surface area contributed by atoms with Crippen molar-refractivity contribution in [2.75, 3.05) is 0 Å². The van der Waals surface area contributed by atoms with Crippen molar-refractivity contribution in [2.45, 2.75) is 13.8 Å². The molecule has 0 amide bonds. The van der Waals surface area contributed by atoms with E-state index in [9.17, 15) is 4.39 Å². The fourth-order valence-corrected chi connectivity index (χ4v) is 1.64. The summed E-state index contributed by atoms with van der Waals surface area (Å²) < 4.78 is 13.1. The summed E-state index contributed by atoms with van der Waals surface area (Å²) in [7, 11) is 0. The summed E-state index contributed by atoms with van der Waals surface area (Å²) in [6.07, 6.45) is 1.41. The number of aromatic nitrogens is 2. The van der Waals surface area contributed by atoms with E-state index in [-0.39, 0.29) is 5.82 Å². The van der Waals surface area contributed by atoms with E-state index in [2.05, 4.69) is 9.97 Å². The first kappa shape index (κ1) is 11.0. The predicted octanol–water partition coefficient (Wildman–Crippen LogP) is 3.55. The van der Waals surface area contributed by atoms with Crippen LogP contribution in [0.1, 0.15) is 11.1 Å². The Morgan fingerprint density at radius 1 is 1.19 bits per heavy atom. The zero-order valence-corrected chi connectivity index (χ0v) is 9.72. The first-order valence-corrected chi connectivity index (χ1v) is 5.21. The minimum absolute atomic E-state index is 0.221. The third kappa shape index (κ3) is 1.91. The smallest absolute Gasteiger partial charge is 0.135 e. The molecule has 0 unspecified atom stereocenters. The number of benzene rings is 1. The zero-order chi connectivity index (χ0) is 11.7. The highest BCUT2D eigenvalue weighted by Crippen LogP contribution is 2.25. The molecule has 2 nitrogen and oxygen atoms in total. The molecular weight excluding hydrogens is 227 g/mol. The van der Waals surface area contributed by atoms with Gasteiger partial charge >= 0.3 is 0 Å². The summed E-state index contributed by atoms with van der Waals surface area (Å²) in [4.78, 5) is 8.05. The van der Waals surface area contributed by atoms with Gasteiger partial charge in [0.25, 0.3) is 0 Å². The fourth-order valence-electron chi connectivity index (χ4n) is 1.51. The lowest BCUT2D eigenvalue weighted by molar-refractivity contribution is 0.618. The molecule has 82 valence electrons. The van der Waals surface area contributed by atoms with E-state index in [1.54, 1.807) is 19.1 Å². The largest absolute Gasteiger partial charge is 0.236 e. The summed E-state index contributed by atoms with van der Waals surface area (Å²) >= 11 is 5.91. The molecule has 1 aromatic heterocycles. The molecule has 2 aromatic rings. The van der Waals surface area contributed by atoms with Gasteiger partial charge in [0.15, 0.2) is 0 Å². The second kappa shape index (κ2) is 4.18. The van der Waals surface area contributed by atoms with Crippen molar-refractivity contribution in [1.82, 2.24) is 9.97 Å². The molecule has 4 heteroatoms. The van der Waals surface area contributed by atoms with E-state index in [0.29, 0.717) is 10.7 Å². The van der Waals surface area contributed by atoms with Gasteiger partial charge in [-0.2, -0.15) is 0 Å². The number of hydrogen-bond acceptors (Lipinski definition) is 2. The van der Waals surface area contributed by atoms with E-state index >= 15 is 0 Å². The number of hydrogen-bond donors (Lipinski definition) is 0. The quantitative estimate of drug-likeness (QED) is 0.708. The van der Waals surface area contributed by atoms with Gasteiger partial charge in [0, 0.05) is 11.1 Å². The maximum atomic E-state index is 13.1. The Balaban J connectivity index is 2.59. The molecule has 0 aliphatic heterocycles. The second-order valence-electron chi connectivity index (χ2n) is 3.60. The molecule has 2 rings (SSSR count). The van der Waals surface area contributed by atoms with E-state index in [1.807, 2.05) is 6.92 Å². The van der Waals surface area contributed by atoms with Crippen molar-refractivity contribution in [3.05, 3.63) is 46.6 Å². The first-order chi connectivity index (χ1) is 7.59. The van der Waals surface area contributed by atoms with Crippen LogP contribution >= 0.6 is 11.6 Å². The van der Waals surface area contributed by atoms with Crippen LogP contribution in [0, 0.1) is 19.7 Å². The van der Waals surface area contributed by atoms with Gasteiger partial charge in [-0.15, -0.1) is 0 Å². The zero-order valence-electron chi connectivity index (χ0n) is 8.96. The SMILES string of the molecule is Cc1cc(-c2ncnc(Cl)c2C)ccc1F. The molecule has 1 aromatic carbocycles. The summed E-state index contributed by atoms with van der Waals surface area (Å²) in [5.74, 6) is -0.221. The van der Waals surface area contributed by atoms with Crippen LogP contribution in [0.2, 0.25) is 5.15 Å². The van der Waals surface area contributed by atoms with Crippen molar-refractivity contribution >= 4 is 11.6 Å². The highest BCUT2D eigenvalue weighted by atomic mass is 35.5. The topological polar surface area (TPSA) is 25.8 Å². The molecule has 0 atom stereocenters. The average molecular weight is 237 g/mol. The molecule has 16 heavy (non-hydrogen) atoms. The lowest BCUT2D eigenvalue weighted by Gasteiger charge is -2.06. The van der Waals surface area contributed by atoms with Crippen LogP contribution in [-0.4, -0.2) is 9.97 Å². The highest BCUT2D eigenvalue weighted by molar-refractivity contribution is 6.30. The average Bonchev–Trinajstić information content (AvgIpc) is 2.26. The van der Waals surface area contributed by atoms with E-state index in [1.165, 1.54) is 12.4 Å². The van der Waals surface area contributed by atoms with Crippen molar-refractivity contribution in [3.8, 4) is 11.3 Å². The first-order valence-electron chi connectivity index (χ1n) is 4.83. The molecule has 0 fully saturated rings. The molecule has 1 heterocycles. The number of rotatable bonds is 1. The van der Waals surface area contributed by atoms with Crippen LogP contribution in [0.4, 0.5) is 4.39 Å². The minimum Gasteiger partial charge on any atom is -0.236 e. The summed E-state index contributed by atoms with van der Waals surface area (Å²) in [5, 5.41) is 0.423. The monoisotopic (exact) mass is 236 g/mol. The number of aryl methyl sites for hydroxylation is 1. The van der Waals surface area contributed by atoms with Crippen LogP contribution in [0.15, 0.2) is 24.5 Å². The molecule has 0 saturated carbocycles. The van der Waals surface area contributed by atoms with Crippen LogP contribution in [0.25, 0.3) is 11.3 Å². The van der Waals surface area contributed by atoms with Gasteiger partial charge in [-0.05, 0) is 37.6 Å². The van der Waals surface area contributed by atoms with Gasteiger partial charge in [-0.1, -0.05) is 11.6 Å². The molecule has 0 N–H and O–H groups in total. The van der Waals surface area contributed by atoms with Crippen LogP contribution < -0.4 is 0 Å². The fraction of sp³-hybridized carbons (Fsp3) is 0.167. The van der Waals surface area contributed by atoms with Gasteiger partial charge in [-0.25, -0.2) is 14.4 Å². The van der Waals surface area contributed by atoms with Crippen molar-refractivity contribution in [3.63, 3.8) is 0 Å². The van der Waals surface area contributed by atoms with E-state index in [4.69, 9.17) is 11.6 Å². The minimum atomic E-state index is -0.221. The maximum Gasteiger partial charge on any atom is 0.135 e. The van der Waals surface area contributed by atoms with Crippen LogP contribution in [-0.2, 0) is 0 Å². The third-order valence-corrected chi connectivity index (χ3v) is 2.84. The Morgan fingerprint density at radius 3 is 2.62 bits per heavy atom. The molecule has 0 saturated heterocycles. The van der Waals surface area contributed by atoms with Crippen molar-refractivity contribution in [1.29, 1.82) is 0 Å². The number of nitrogens with zero attached hydrogens (tertiary/aromatic N) is 2. The maximum absolute atomic E-state index is 13.1. The Morgan fingerprint density at radius 2 is 1.94 bits per heavy atom. The van der Waals surface area contributed by atoms with Gasteiger partial charge in [-0.3, -0.25) is 0 Å². The van der Waals surface area contributed by atoms with E-state index in [0.717, 1.165) is 16.8 Å². The molecule has 0 aliphatic rings. The Bertz CT molecular complexity index is 541. The summed E-state index contributed by atoms with van der Waals surface area (Å²) in [6.45, 7) is 3.56. The lowest BCUT2D eigenvalue weighted by atomic mass is 10.1. The summed E-state index contributed by atoms with van der Waals surface area (Å²) in [5.41, 5.74) is 2.98. The van der Waals surface area contributed by atoms with Crippen molar-refractivity contribution < 1.29 is 4.39 Å². The van der Waals surface area contributed by atoms with Gasteiger partial charge in [0.1, 0.15) is 17.3 Å². The summed E-state index contributed by atoms with van der Waals surface area (Å²) in [6, 6.07) is 4.87. The Hall–Kier alpha value is -1.48. The third-order valence-electron chi connectivity index (χ3n) is 2.45. The number of halogens is 2. The molecule has 0 aliphatic carbocycles. The van der Waals surface area contributed by atoms with Crippen molar-refractivity contribution in [2.24, 2.45) is 0 Å². The standard InChI is InChI=1S/C12H10ClFN2/c1-7-5-9(3-4-10(7)14)11-8(2)12(13)16-6-15-11/h3-6H,1-2H3. The molecule has 0 spiro atoms. The van der Waals surface area contributed by atoms with Gasteiger partial charge in [0.2, 0.25) is 0 Å². The van der Waals surface area contributed by atoms with Crippen LogP contribution in [0.5, 0.6) is 0 Å². The molecular formula is C12H10ClFN2. The van der Waals surface area contributed by atoms with Gasteiger partial charge in [0.05, 0.1) is 5.69 Å². The van der Waals surface area contributed by atoms with Crippen LogP contribution in [0.3, 0.4) is 0 Å². The molecule has 0 radical (unpaired) electrons. The normalized spacial score (nSPS) is 10.5. The highest BCUT2D eigenvalue weighted by Gasteiger charge is 2.08.